The maximum absolute atomic E-state index is 12.1. The number of aryl methyl sites for hydroxylation is 1. The van der Waals surface area contributed by atoms with Gasteiger partial charge >= 0.3 is 0 Å². The van der Waals surface area contributed by atoms with E-state index in [-0.39, 0.29) is 11.9 Å². The normalized spacial score (nSPS) is 24.0. The van der Waals surface area contributed by atoms with Crippen LogP contribution in [0.1, 0.15) is 55.7 Å². The number of carbonyl (C=O) groups excluding carboxylic acids is 1. The minimum atomic E-state index is 0.227. The van der Waals surface area contributed by atoms with Crippen LogP contribution in [0.25, 0.3) is 0 Å². The second-order valence-corrected chi connectivity index (χ2v) is 8.72. The maximum atomic E-state index is 12.1. The number of hydrogen-bond donors (Lipinski definition) is 1. The zero-order chi connectivity index (χ0) is 14.5. The third kappa shape index (κ3) is 4.19. The maximum Gasteiger partial charge on any atom is 0.220 e. The molecule has 1 aliphatic carbocycles. The van der Waals surface area contributed by atoms with Gasteiger partial charge in [-0.25, -0.2) is 0 Å². The number of amides is 1. The van der Waals surface area contributed by atoms with Crippen LogP contribution in [0.3, 0.4) is 0 Å². The summed E-state index contributed by atoms with van der Waals surface area (Å²) in [6.45, 7) is 0. The first-order valence-corrected chi connectivity index (χ1v) is 10.4. The van der Waals surface area contributed by atoms with E-state index in [1.165, 1.54) is 36.1 Å². The monoisotopic (exact) mass is 321 g/mol. The number of benzene rings is 1. The number of rotatable bonds is 6. The summed E-state index contributed by atoms with van der Waals surface area (Å²) in [5, 5.41) is 4.05. The molecule has 0 aromatic heterocycles. The van der Waals surface area contributed by atoms with E-state index < -0.39 is 0 Å². The van der Waals surface area contributed by atoms with Gasteiger partial charge in [-0.05, 0) is 43.2 Å². The molecule has 114 valence electrons. The Morgan fingerprint density at radius 3 is 3.00 bits per heavy atom. The number of unbranched alkanes of at least 4 members (excludes halogenated alkanes) is 1. The van der Waals surface area contributed by atoms with Crippen LogP contribution < -0.4 is 5.32 Å². The van der Waals surface area contributed by atoms with E-state index in [0.29, 0.717) is 6.42 Å². The van der Waals surface area contributed by atoms with Gasteiger partial charge in [-0.15, -0.1) is 0 Å². The number of carbonyl (C=O) groups is 1. The fourth-order valence-electron chi connectivity index (χ4n) is 3.20. The van der Waals surface area contributed by atoms with Gasteiger partial charge in [-0.3, -0.25) is 4.79 Å². The number of hydrogen-bond acceptors (Lipinski definition) is 3. The zero-order valence-corrected chi connectivity index (χ0v) is 14.0. The summed E-state index contributed by atoms with van der Waals surface area (Å²) in [5.74, 6) is 1.53. The summed E-state index contributed by atoms with van der Waals surface area (Å²) in [7, 11) is 4.03. The lowest BCUT2D eigenvalue weighted by atomic mass is 10.1. The largest absolute Gasteiger partial charge is 0.349 e. The zero-order valence-electron chi connectivity index (χ0n) is 12.3. The Morgan fingerprint density at radius 2 is 2.14 bits per heavy atom. The Bertz CT molecular complexity index is 485. The molecule has 0 bridgehead atoms. The van der Waals surface area contributed by atoms with Gasteiger partial charge in [-0.2, -0.15) is 0 Å². The average Bonchev–Trinajstić information content (AvgIpc) is 3.14. The second kappa shape index (κ2) is 7.59. The van der Waals surface area contributed by atoms with Crippen LogP contribution in [-0.4, -0.2) is 16.9 Å². The highest BCUT2D eigenvalue weighted by Crippen LogP contribution is 2.39. The highest BCUT2D eigenvalue weighted by Gasteiger charge is 2.23. The van der Waals surface area contributed by atoms with Gasteiger partial charge < -0.3 is 5.32 Å². The van der Waals surface area contributed by atoms with Gasteiger partial charge in [0.05, 0.1) is 6.04 Å². The SMILES string of the molecule is O=C(CCCC[C@@H]1CCSS1)N[C@H]1CCc2ccccc21. The predicted molar refractivity (Wildman–Crippen MR) is 92.6 cm³/mol. The quantitative estimate of drug-likeness (QED) is 0.617. The van der Waals surface area contributed by atoms with E-state index in [1.54, 1.807) is 0 Å². The summed E-state index contributed by atoms with van der Waals surface area (Å²) in [5.41, 5.74) is 2.73. The van der Waals surface area contributed by atoms with E-state index in [2.05, 4.69) is 29.6 Å². The van der Waals surface area contributed by atoms with E-state index in [9.17, 15) is 4.79 Å². The Kier molecular flexibility index (Phi) is 5.53. The molecule has 2 nitrogen and oxygen atoms in total. The van der Waals surface area contributed by atoms with Crippen molar-refractivity contribution in [3.63, 3.8) is 0 Å². The third-order valence-electron chi connectivity index (χ3n) is 4.38. The molecule has 1 N–H and O–H groups in total. The molecule has 0 spiro atoms. The molecular weight excluding hydrogens is 298 g/mol. The van der Waals surface area contributed by atoms with Crippen LogP contribution in [0.15, 0.2) is 24.3 Å². The summed E-state index contributed by atoms with van der Waals surface area (Å²) in [6.07, 6.45) is 7.67. The summed E-state index contributed by atoms with van der Waals surface area (Å²) in [6, 6.07) is 8.74. The lowest BCUT2D eigenvalue weighted by Crippen LogP contribution is -2.26. The minimum absolute atomic E-state index is 0.227. The van der Waals surface area contributed by atoms with Crippen molar-refractivity contribution in [1.82, 2.24) is 5.32 Å². The lowest BCUT2D eigenvalue weighted by molar-refractivity contribution is -0.121. The molecule has 4 heteroatoms. The standard InChI is InChI=1S/C17H23NOS2/c19-17(8-4-2-6-14-11-12-20-21-14)18-16-10-9-13-5-1-3-7-15(13)16/h1,3,5,7,14,16H,2,4,6,8-12H2,(H,18,19)/t14-,16+/m1/s1. The second-order valence-electron chi connectivity index (χ2n) is 5.93. The minimum Gasteiger partial charge on any atom is -0.349 e. The fraction of sp³-hybridized carbons (Fsp3) is 0.588. The molecule has 0 unspecified atom stereocenters. The molecular formula is C17H23NOS2. The van der Waals surface area contributed by atoms with Crippen molar-refractivity contribution >= 4 is 27.5 Å². The van der Waals surface area contributed by atoms with E-state index in [0.717, 1.165) is 24.5 Å². The van der Waals surface area contributed by atoms with Gasteiger partial charge in [0.1, 0.15) is 0 Å². The molecule has 21 heavy (non-hydrogen) atoms. The van der Waals surface area contributed by atoms with Gasteiger partial charge in [-0.1, -0.05) is 52.3 Å². The Morgan fingerprint density at radius 1 is 1.24 bits per heavy atom. The molecule has 1 fully saturated rings. The van der Waals surface area contributed by atoms with E-state index in [1.807, 2.05) is 21.6 Å². The van der Waals surface area contributed by atoms with Crippen molar-refractivity contribution in [1.29, 1.82) is 0 Å². The first-order chi connectivity index (χ1) is 10.3. The van der Waals surface area contributed by atoms with Crippen LogP contribution >= 0.6 is 21.6 Å². The predicted octanol–water partition coefficient (Wildman–Crippen LogP) is 4.50. The van der Waals surface area contributed by atoms with Crippen molar-refractivity contribution in [2.45, 2.75) is 56.2 Å². The van der Waals surface area contributed by atoms with E-state index >= 15 is 0 Å². The highest BCUT2D eigenvalue weighted by molar-refractivity contribution is 8.77. The Labute approximate surface area is 135 Å². The molecule has 1 aromatic carbocycles. The van der Waals surface area contributed by atoms with Crippen LogP contribution in [-0.2, 0) is 11.2 Å². The molecule has 2 atom stereocenters. The van der Waals surface area contributed by atoms with Gasteiger partial charge in [0.2, 0.25) is 5.91 Å². The third-order valence-corrected chi connectivity index (χ3v) is 7.38. The Balaban J connectivity index is 1.37. The van der Waals surface area contributed by atoms with E-state index in [4.69, 9.17) is 0 Å². The van der Waals surface area contributed by atoms with Gasteiger partial charge in [0.15, 0.2) is 0 Å². The molecule has 1 heterocycles. The van der Waals surface area contributed by atoms with Gasteiger partial charge in [0, 0.05) is 17.4 Å². The average molecular weight is 322 g/mol. The number of nitrogens with one attached hydrogen (secondary N) is 1. The highest BCUT2D eigenvalue weighted by atomic mass is 33.1. The van der Waals surface area contributed by atoms with Crippen LogP contribution in [0.2, 0.25) is 0 Å². The van der Waals surface area contributed by atoms with Gasteiger partial charge in [0.25, 0.3) is 0 Å². The lowest BCUT2D eigenvalue weighted by Gasteiger charge is -2.14. The number of fused-ring (bicyclic) bond motifs is 1. The first kappa shape index (κ1) is 15.3. The Hall–Kier alpha value is -0.610. The fourth-order valence-corrected chi connectivity index (χ4v) is 6.22. The molecule has 1 amide bonds. The summed E-state index contributed by atoms with van der Waals surface area (Å²) < 4.78 is 0. The van der Waals surface area contributed by atoms with Crippen molar-refractivity contribution < 1.29 is 4.79 Å². The molecule has 0 radical (unpaired) electrons. The van der Waals surface area contributed by atoms with Crippen LogP contribution in [0.4, 0.5) is 0 Å². The summed E-state index contributed by atoms with van der Waals surface area (Å²) >= 11 is 0. The molecule has 1 saturated heterocycles. The smallest absolute Gasteiger partial charge is 0.220 e. The molecule has 1 aromatic rings. The van der Waals surface area contributed by atoms with Crippen molar-refractivity contribution in [2.75, 3.05) is 5.75 Å². The van der Waals surface area contributed by atoms with Crippen molar-refractivity contribution in [3.05, 3.63) is 35.4 Å². The van der Waals surface area contributed by atoms with Crippen LogP contribution in [0, 0.1) is 0 Å². The molecule has 3 rings (SSSR count). The van der Waals surface area contributed by atoms with Crippen molar-refractivity contribution in [2.24, 2.45) is 0 Å². The molecule has 1 aliphatic heterocycles. The molecule has 0 saturated carbocycles. The topological polar surface area (TPSA) is 29.1 Å². The summed E-state index contributed by atoms with van der Waals surface area (Å²) in [4.78, 5) is 12.1. The molecule has 2 aliphatic rings. The van der Waals surface area contributed by atoms with Crippen LogP contribution in [0.5, 0.6) is 0 Å². The first-order valence-electron chi connectivity index (χ1n) is 7.98. The van der Waals surface area contributed by atoms with Crippen molar-refractivity contribution in [3.8, 4) is 0 Å².